The van der Waals surface area contributed by atoms with Crippen molar-refractivity contribution in [2.75, 3.05) is 0 Å². The van der Waals surface area contributed by atoms with E-state index in [-0.39, 0.29) is 0 Å². The molecule has 0 atom stereocenters. The Morgan fingerprint density at radius 1 is 0.215 bits per heavy atom. The van der Waals surface area contributed by atoms with Crippen LogP contribution in [0, 0.1) is 0 Å². The average molecular weight is 917 g/mol. The van der Waals surface area contributed by atoms with E-state index in [0.29, 0.717) is 0 Å². The van der Waals surface area contributed by atoms with Gasteiger partial charge in [-0.15, -0.1) is 45.3 Å². The fourth-order valence-corrected chi connectivity index (χ4v) is 21.2. The Hall–Kier alpha value is -6.70. The lowest BCUT2D eigenvalue weighted by Gasteiger charge is -2.36. The second-order valence-electron chi connectivity index (χ2n) is 16.2. The molecule has 0 bridgehead atoms. The predicted octanol–water partition coefficient (Wildman–Crippen LogP) is 17.6. The molecule has 0 saturated carbocycles. The molecule has 0 nitrogen and oxygen atoms in total. The standard InChI is InChI=1S/C60H40S4Si/c1-7-21-41(22-8-1)53-54(42-23-9-2-10-24-42)58(46-31-17-6-18-32-46)65(57(53)45-29-15-5-16-30-45)59(51-37-35-49(63-51)47-33-19-39-61-47)55(43-25-11-3-12-26-43)56(44-27-13-4-14-28-44)60(65)52-38-36-50(64-52)48-34-20-40-62-48/h1-40H. The maximum atomic E-state index is 2.46. The third kappa shape index (κ3) is 6.73. The van der Waals surface area contributed by atoms with E-state index in [1.165, 1.54) is 106 Å². The van der Waals surface area contributed by atoms with E-state index in [0.717, 1.165) is 0 Å². The number of thiophene rings is 4. The number of hydrogen-bond acceptors (Lipinski definition) is 4. The van der Waals surface area contributed by atoms with E-state index in [1.807, 2.05) is 45.3 Å². The Kier molecular flexibility index (Phi) is 10.4. The van der Waals surface area contributed by atoms with Gasteiger partial charge < -0.3 is 0 Å². The molecule has 6 aromatic carbocycles. The highest BCUT2D eigenvalue weighted by Crippen LogP contribution is 2.70. The van der Waals surface area contributed by atoms with Crippen molar-refractivity contribution >= 4 is 96.5 Å². The van der Waals surface area contributed by atoms with Gasteiger partial charge in [-0.05, 0) is 124 Å². The van der Waals surface area contributed by atoms with Gasteiger partial charge in [0.25, 0.3) is 0 Å². The van der Waals surface area contributed by atoms with E-state index in [9.17, 15) is 0 Å². The molecule has 308 valence electrons. The van der Waals surface area contributed by atoms with Crippen molar-refractivity contribution in [2.45, 2.75) is 0 Å². The van der Waals surface area contributed by atoms with Crippen molar-refractivity contribution in [3.63, 3.8) is 0 Å². The zero-order chi connectivity index (χ0) is 43.2. The fraction of sp³-hybridized carbons (Fsp3) is 0. The van der Waals surface area contributed by atoms with Gasteiger partial charge in [0.1, 0.15) is 0 Å². The number of allylic oxidation sites excluding steroid dienone is 4. The highest BCUT2D eigenvalue weighted by atomic mass is 32.1. The molecule has 0 N–H and O–H groups in total. The zero-order valence-electron chi connectivity index (χ0n) is 35.2. The summed E-state index contributed by atoms with van der Waals surface area (Å²) in [4.78, 5) is 7.83. The van der Waals surface area contributed by atoms with Crippen molar-refractivity contribution in [1.29, 1.82) is 0 Å². The highest BCUT2D eigenvalue weighted by molar-refractivity contribution is 7.40. The first kappa shape index (κ1) is 39.9. The van der Waals surface area contributed by atoms with Crippen molar-refractivity contribution in [2.24, 2.45) is 0 Å². The molecule has 0 amide bonds. The summed E-state index contributed by atoms with van der Waals surface area (Å²) in [5, 5.41) is 10.2. The van der Waals surface area contributed by atoms with Crippen LogP contribution in [-0.4, -0.2) is 8.07 Å². The van der Waals surface area contributed by atoms with Crippen molar-refractivity contribution in [3.8, 4) is 19.5 Å². The SMILES string of the molecule is c1ccc(C2=C(c3ccccc3)[Si]3(C(c4ccccc4)=C2c2ccccc2)C(c2ccc(-c4cccs4)s2)=C(c2ccccc2)C(c2ccccc2)=C3c2ccc(-c3cccs3)s2)cc1. The van der Waals surface area contributed by atoms with E-state index < -0.39 is 8.07 Å². The monoisotopic (exact) mass is 916 g/mol. The Labute approximate surface area is 397 Å². The molecule has 0 unspecified atom stereocenters. The van der Waals surface area contributed by atoms with E-state index >= 15 is 0 Å². The Morgan fingerprint density at radius 2 is 0.492 bits per heavy atom. The molecule has 4 aromatic heterocycles. The van der Waals surface area contributed by atoms with Crippen LogP contribution in [-0.2, 0) is 0 Å². The Morgan fingerprint density at radius 3 is 0.785 bits per heavy atom. The normalized spacial score (nSPS) is 14.6. The molecule has 0 fully saturated rings. The van der Waals surface area contributed by atoms with Gasteiger partial charge in [-0.3, -0.25) is 0 Å². The van der Waals surface area contributed by atoms with Crippen LogP contribution in [0.3, 0.4) is 0 Å². The maximum absolute atomic E-state index is 3.53. The minimum absolute atomic E-state index is 1.23. The van der Waals surface area contributed by atoms with Crippen LogP contribution in [0.25, 0.3) is 62.6 Å². The largest absolute Gasteiger partial charge is 0.186 e. The molecular formula is C60H40S4Si. The van der Waals surface area contributed by atoms with Gasteiger partial charge in [-0.2, -0.15) is 0 Å². The summed E-state index contributed by atoms with van der Waals surface area (Å²) in [6.07, 6.45) is 0. The summed E-state index contributed by atoms with van der Waals surface area (Å²) in [6, 6.07) is 86.6. The second-order valence-corrected chi connectivity index (χ2v) is 23.8. The summed E-state index contributed by atoms with van der Waals surface area (Å²) >= 11 is 7.54. The topological polar surface area (TPSA) is 0 Å². The molecule has 10 aromatic rings. The lowest BCUT2D eigenvalue weighted by molar-refractivity contribution is 1.58. The molecule has 0 saturated heterocycles. The van der Waals surface area contributed by atoms with E-state index in [2.05, 4.69) is 241 Å². The minimum atomic E-state index is -3.53. The van der Waals surface area contributed by atoms with Crippen LogP contribution in [0.2, 0.25) is 0 Å². The fourth-order valence-electron chi connectivity index (χ4n) is 10.2. The van der Waals surface area contributed by atoms with Crippen molar-refractivity contribution in [3.05, 3.63) is 284 Å². The van der Waals surface area contributed by atoms with Crippen LogP contribution in [0.1, 0.15) is 43.1 Å². The molecule has 1 spiro atoms. The lowest BCUT2D eigenvalue weighted by atomic mass is 9.89. The van der Waals surface area contributed by atoms with Crippen molar-refractivity contribution in [1.82, 2.24) is 0 Å². The lowest BCUT2D eigenvalue weighted by Crippen LogP contribution is -2.39. The second kappa shape index (κ2) is 17.0. The maximum Gasteiger partial charge on any atom is 0.186 e. The highest BCUT2D eigenvalue weighted by Gasteiger charge is 2.61. The first-order valence-corrected chi connectivity index (χ1v) is 27.3. The molecule has 0 radical (unpaired) electrons. The molecule has 0 aliphatic carbocycles. The smallest absolute Gasteiger partial charge is 0.143 e. The number of rotatable bonds is 10. The molecule has 2 aliphatic rings. The van der Waals surface area contributed by atoms with Gasteiger partial charge in [-0.25, -0.2) is 0 Å². The quantitative estimate of drug-likeness (QED) is 0.120. The predicted molar refractivity (Wildman–Crippen MR) is 287 cm³/mol. The van der Waals surface area contributed by atoms with Gasteiger partial charge in [0.15, 0.2) is 8.07 Å². The van der Waals surface area contributed by atoms with Crippen LogP contribution in [0.5, 0.6) is 0 Å². The molecule has 2 aliphatic heterocycles. The van der Waals surface area contributed by atoms with Gasteiger partial charge in [0, 0.05) is 29.3 Å². The number of hydrogen-bond donors (Lipinski definition) is 0. The zero-order valence-corrected chi connectivity index (χ0v) is 39.5. The van der Waals surface area contributed by atoms with Crippen LogP contribution < -0.4 is 0 Å². The van der Waals surface area contributed by atoms with E-state index in [4.69, 9.17) is 0 Å². The summed E-state index contributed by atoms with van der Waals surface area (Å²) in [6.45, 7) is 0. The van der Waals surface area contributed by atoms with Crippen LogP contribution in [0.4, 0.5) is 0 Å². The molecule has 65 heavy (non-hydrogen) atoms. The Balaban J connectivity index is 1.37. The summed E-state index contributed by atoms with van der Waals surface area (Å²) in [5.74, 6) is 0. The first-order valence-electron chi connectivity index (χ1n) is 21.9. The third-order valence-corrected chi connectivity index (χ3v) is 22.4. The molecule has 6 heterocycles. The van der Waals surface area contributed by atoms with Crippen molar-refractivity contribution < 1.29 is 0 Å². The van der Waals surface area contributed by atoms with E-state index in [1.54, 1.807) is 0 Å². The first-order chi connectivity index (χ1) is 32.3. The Bertz CT molecular complexity index is 3180. The molecule has 5 heteroatoms. The average Bonchev–Trinajstić information content (AvgIpc) is 4.25. The summed E-state index contributed by atoms with van der Waals surface area (Å²) < 4.78 is 0. The van der Waals surface area contributed by atoms with Crippen LogP contribution >= 0.6 is 45.3 Å². The molecular weight excluding hydrogens is 877 g/mol. The summed E-state index contributed by atoms with van der Waals surface area (Å²) in [7, 11) is -3.53. The van der Waals surface area contributed by atoms with Gasteiger partial charge in [0.2, 0.25) is 0 Å². The van der Waals surface area contributed by atoms with Gasteiger partial charge >= 0.3 is 0 Å². The summed E-state index contributed by atoms with van der Waals surface area (Å²) in [5.41, 5.74) is 12.7. The molecule has 12 rings (SSSR count). The van der Waals surface area contributed by atoms with Crippen LogP contribution in [0.15, 0.2) is 241 Å². The van der Waals surface area contributed by atoms with Gasteiger partial charge in [0.05, 0.1) is 0 Å². The minimum Gasteiger partial charge on any atom is -0.143 e. The number of benzene rings is 6. The van der Waals surface area contributed by atoms with Gasteiger partial charge in [-0.1, -0.05) is 194 Å². The third-order valence-electron chi connectivity index (χ3n) is 12.6.